The maximum Gasteiger partial charge on any atom is 0.261 e. The summed E-state index contributed by atoms with van der Waals surface area (Å²) < 4.78 is 10.8. The van der Waals surface area contributed by atoms with Gasteiger partial charge in [-0.15, -0.1) is 0 Å². The van der Waals surface area contributed by atoms with Crippen LogP contribution in [0.2, 0.25) is 0 Å². The number of nitrogens with zero attached hydrogens (tertiary/aromatic N) is 1. The molecule has 2 heterocycles. The molecule has 134 valence electrons. The first kappa shape index (κ1) is 15.9. The zero-order chi connectivity index (χ0) is 18.4. The van der Waals surface area contributed by atoms with Gasteiger partial charge in [0.15, 0.2) is 17.2 Å². The van der Waals surface area contributed by atoms with E-state index < -0.39 is 5.72 Å². The van der Waals surface area contributed by atoms with E-state index in [1.807, 2.05) is 48.5 Å². The van der Waals surface area contributed by atoms with Crippen LogP contribution in [0, 0.1) is 0 Å². The second kappa shape index (κ2) is 5.86. The van der Waals surface area contributed by atoms with Gasteiger partial charge in [-0.1, -0.05) is 48.5 Å². The first-order valence-corrected chi connectivity index (χ1v) is 8.77. The summed E-state index contributed by atoms with van der Waals surface area (Å²) in [6, 6.07) is 22.1. The molecule has 0 saturated heterocycles. The van der Waals surface area contributed by atoms with Crippen LogP contribution in [0.4, 0.5) is 5.69 Å². The van der Waals surface area contributed by atoms with Gasteiger partial charge in [0.25, 0.3) is 5.91 Å². The number of ether oxygens (including phenoxy) is 2. The highest BCUT2D eigenvalue weighted by Crippen LogP contribution is 2.45. The van der Waals surface area contributed by atoms with Crippen LogP contribution >= 0.6 is 0 Å². The Labute approximate surface area is 156 Å². The minimum absolute atomic E-state index is 0.154. The van der Waals surface area contributed by atoms with Crippen LogP contribution in [-0.4, -0.2) is 17.8 Å². The van der Waals surface area contributed by atoms with Crippen LogP contribution in [0.5, 0.6) is 11.5 Å². The van der Waals surface area contributed by atoms with Crippen molar-refractivity contribution in [3.05, 3.63) is 89.5 Å². The number of hydrogen-bond donors (Lipinski definition) is 1. The Morgan fingerprint density at radius 2 is 1.67 bits per heavy atom. The lowest BCUT2D eigenvalue weighted by Crippen LogP contribution is -2.45. The van der Waals surface area contributed by atoms with Crippen LogP contribution in [-0.2, 0) is 12.1 Å². The van der Waals surface area contributed by atoms with E-state index in [1.54, 1.807) is 24.3 Å². The first-order valence-electron chi connectivity index (χ1n) is 8.77. The molecule has 1 atom stereocenters. The maximum absolute atomic E-state index is 13.2. The molecule has 3 aromatic rings. The molecule has 0 spiro atoms. The number of rotatable bonds is 3. The summed E-state index contributed by atoms with van der Waals surface area (Å²) in [4.78, 5) is 14.6. The molecule has 27 heavy (non-hydrogen) atoms. The highest BCUT2D eigenvalue weighted by molar-refractivity contribution is 6.11. The molecule has 1 N–H and O–H groups in total. The highest BCUT2D eigenvalue weighted by Gasteiger charge is 2.49. The molecule has 0 saturated carbocycles. The molecule has 0 aliphatic carbocycles. The fourth-order valence-corrected chi connectivity index (χ4v) is 3.84. The molecule has 5 nitrogen and oxygen atoms in total. The van der Waals surface area contributed by atoms with Gasteiger partial charge in [0.1, 0.15) is 0 Å². The van der Waals surface area contributed by atoms with Crippen molar-refractivity contribution in [3.63, 3.8) is 0 Å². The van der Waals surface area contributed by atoms with Gasteiger partial charge in [0.2, 0.25) is 6.79 Å². The molecule has 2 aliphatic rings. The fraction of sp³-hybridized carbons (Fsp3) is 0.136. The van der Waals surface area contributed by atoms with Gasteiger partial charge >= 0.3 is 0 Å². The molecule has 1 amide bonds. The summed E-state index contributed by atoms with van der Waals surface area (Å²) in [6.07, 6.45) is 0.283. The van der Waals surface area contributed by atoms with Gasteiger partial charge in [-0.2, -0.15) is 0 Å². The van der Waals surface area contributed by atoms with E-state index in [4.69, 9.17) is 9.47 Å². The molecule has 3 aromatic carbocycles. The Hall–Kier alpha value is -3.31. The van der Waals surface area contributed by atoms with E-state index in [2.05, 4.69) is 0 Å². The smallest absolute Gasteiger partial charge is 0.261 e. The number of fused-ring (bicyclic) bond motifs is 2. The predicted octanol–water partition coefficient (Wildman–Crippen LogP) is 3.46. The number of aliphatic hydroxyl groups is 1. The number of hydrogen-bond acceptors (Lipinski definition) is 4. The van der Waals surface area contributed by atoms with E-state index >= 15 is 0 Å². The van der Waals surface area contributed by atoms with E-state index in [-0.39, 0.29) is 19.1 Å². The van der Waals surface area contributed by atoms with Crippen LogP contribution in [0.15, 0.2) is 72.8 Å². The second-order valence-electron chi connectivity index (χ2n) is 6.70. The Bertz CT molecular complexity index is 1030. The van der Waals surface area contributed by atoms with Crippen LogP contribution in [0.3, 0.4) is 0 Å². The van der Waals surface area contributed by atoms with Crippen molar-refractivity contribution in [1.29, 1.82) is 0 Å². The normalized spacial score (nSPS) is 20.0. The molecule has 0 bridgehead atoms. The van der Waals surface area contributed by atoms with Crippen molar-refractivity contribution in [1.82, 2.24) is 0 Å². The van der Waals surface area contributed by atoms with Crippen molar-refractivity contribution in [2.24, 2.45) is 0 Å². The van der Waals surface area contributed by atoms with Crippen molar-refractivity contribution < 1.29 is 19.4 Å². The van der Waals surface area contributed by atoms with Gasteiger partial charge in [-0.05, 0) is 23.8 Å². The summed E-state index contributed by atoms with van der Waals surface area (Å²) in [7, 11) is 0. The average molecular weight is 359 g/mol. The number of anilines is 1. The van der Waals surface area contributed by atoms with Crippen LogP contribution in [0.25, 0.3) is 0 Å². The Morgan fingerprint density at radius 3 is 2.52 bits per heavy atom. The average Bonchev–Trinajstić information content (AvgIpc) is 3.24. The van der Waals surface area contributed by atoms with Gasteiger partial charge in [-0.25, -0.2) is 0 Å². The molecular weight excluding hydrogens is 342 g/mol. The van der Waals surface area contributed by atoms with Gasteiger partial charge in [0.05, 0.1) is 5.69 Å². The number of carbonyl (C=O) groups excluding carboxylic acids is 1. The molecule has 0 unspecified atom stereocenters. The van der Waals surface area contributed by atoms with Gasteiger partial charge in [-0.3, -0.25) is 9.69 Å². The number of benzene rings is 3. The van der Waals surface area contributed by atoms with Crippen molar-refractivity contribution >= 4 is 11.6 Å². The predicted molar refractivity (Wildman–Crippen MR) is 99.9 cm³/mol. The quantitative estimate of drug-likeness (QED) is 0.778. The molecule has 2 aliphatic heterocycles. The summed E-state index contributed by atoms with van der Waals surface area (Å²) in [5, 5.41) is 11.8. The monoisotopic (exact) mass is 359 g/mol. The summed E-state index contributed by atoms with van der Waals surface area (Å²) in [6.45, 7) is 0.154. The molecular formula is C22H17NO4. The molecule has 5 rings (SSSR count). The van der Waals surface area contributed by atoms with Crippen molar-refractivity contribution in [3.8, 4) is 11.5 Å². The van der Waals surface area contributed by atoms with E-state index in [0.717, 1.165) is 5.56 Å². The fourth-order valence-electron chi connectivity index (χ4n) is 3.84. The molecule has 0 radical (unpaired) electrons. The van der Waals surface area contributed by atoms with E-state index in [9.17, 15) is 9.90 Å². The summed E-state index contributed by atoms with van der Waals surface area (Å²) >= 11 is 0. The van der Waals surface area contributed by atoms with Gasteiger partial charge < -0.3 is 14.6 Å². The van der Waals surface area contributed by atoms with E-state index in [1.165, 1.54) is 4.90 Å². The maximum atomic E-state index is 13.2. The number of carbonyl (C=O) groups is 1. The first-order chi connectivity index (χ1) is 13.2. The van der Waals surface area contributed by atoms with Crippen LogP contribution < -0.4 is 14.4 Å². The van der Waals surface area contributed by atoms with Crippen molar-refractivity contribution in [2.75, 3.05) is 11.7 Å². The highest BCUT2D eigenvalue weighted by atomic mass is 16.7. The minimum Gasteiger partial charge on any atom is -0.454 e. The molecule has 5 heteroatoms. The Kier molecular flexibility index (Phi) is 3.45. The lowest BCUT2D eigenvalue weighted by Gasteiger charge is -2.34. The minimum atomic E-state index is -1.48. The number of amides is 1. The Balaban J connectivity index is 1.65. The zero-order valence-corrected chi connectivity index (χ0v) is 14.5. The second-order valence-corrected chi connectivity index (χ2v) is 6.70. The van der Waals surface area contributed by atoms with Crippen molar-refractivity contribution in [2.45, 2.75) is 12.1 Å². The zero-order valence-electron chi connectivity index (χ0n) is 14.5. The van der Waals surface area contributed by atoms with Gasteiger partial charge in [0, 0.05) is 23.6 Å². The molecule has 0 fully saturated rings. The SMILES string of the molecule is O=C1c2ccccc2[C@@](O)(Cc2ccccc2)N1c1ccc2c(c1)OCO2. The largest absolute Gasteiger partial charge is 0.454 e. The van der Waals surface area contributed by atoms with Crippen LogP contribution in [0.1, 0.15) is 21.5 Å². The molecule has 0 aromatic heterocycles. The summed E-state index contributed by atoms with van der Waals surface area (Å²) in [5.41, 5.74) is 1.14. The lowest BCUT2D eigenvalue weighted by atomic mass is 9.94. The summed E-state index contributed by atoms with van der Waals surface area (Å²) in [5.74, 6) is 0.968. The standard InChI is InChI=1S/C22H17NO4/c24-21-17-8-4-5-9-18(17)22(25,13-15-6-2-1-3-7-15)23(21)16-10-11-19-20(12-16)27-14-26-19/h1-12,25H,13-14H2/t22-/m0/s1. The topological polar surface area (TPSA) is 59.0 Å². The third-order valence-electron chi connectivity index (χ3n) is 5.07. The lowest BCUT2D eigenvalue weighted by molar-refractivity contribution is 0.0395. The third-order valence-corrected chi connectivity index (χ3v) is 5.07. The van der Waals surface area contributed by atoms with E-state index in [0.29, 0.717) is 28.3 Å². The Morgan fingerprint density at radius 1 is 0.926 bits per heavy atom. The third kappa shape index (κ3) is 2.39.